The zero-order chi connectivity index (χ0) is 13.3. The fourth-order valence-corrected chi connectivity index (χ4v) is 3.34. The molecule has 4 N–H and O–H groups in total. The van der Waals surface area contributed by atoms with Crippen LogP contribution in [0.5, 0.6) is 0 Å². The van der Waals surface area contributed by atoms with Gasteiger partial charge in [0.2, 0.25) is 0 Å². The Morgan fingerprint density at radius 2 is 1.84 bits per heavy atom. The van der Waals surface area contributed by atoms with E-state index in [1.807, 2.05) is 0 Å². The summed E-state index contributed by atoms with van der Waals surface area (Å²) in [5.74, 6) is 0.157. The molecule has 0 amide bonds. The summed E-state index contributed by atoms with van der Waals surface area (Å²) in [6, 6.07) is 0.560. The molecule has 0 radical (unpaired) electrons. The van der Waals surface area contributed by atoms with Crippen molar-refractivity contribution in [3.63, 3.8) is 0 Å². The molecule has 0 atom stereocenters. The maximum atomic E-state index is 11.5. The molecule has 116 valence electrons. The molecule has 0 unspecified atom stereocenters. The third-order valence-corrected chi connectivity index (χ3v) is 4.72. The summed E-state index contributed by atoms with van der Waals surface area (Å²) in [5.41, 5.74) is 0. The van der Waals surface area contributed by atoms with E-state index >= 15 is 0 Å². The summed E-state index contributed by atoms with van der Waals surface area (Å²) in [6.45, 7) is 2.96. The lowest BCUT2D eigenvalue weighted by Gasteiger charge is -2.22. The van der Waals surface area contributed by atoms with Crippen LogP contribution in [0.25, 0.3) is 0 Å². The summed E-state index contributed by atoms with van der Waals surface area (Å²) in [5, 5.41) is 3.37. The topological polar surface area (TPSA) is 90.4 Å². The molecule has 0 aromatic carbocycles. The largest absolute Gasteiger partial charge is 0.344 e. The van der Waals surface area contributed by atoms with Gasteiger partial charge in [0.1, 0.15) is 0 Å². The molecule has 6 heteroatoms. The fourth-order valence-electron chi connectivity index (χ4n) is 2.33. The molecular formula is C13H30N2O3S. The Bertz CT molecular complexity index is 301. The highest BCUT2D eigenvalue weighted by Gasteiger charge is 2.13. The van der Waals surface area contributed by atoms with Crippen LogP contribution in [0.3, 0.4) is 0 Å². The summed E-state index contributed by atoms with van der Waals surface area (Å²) < 4.78 is 28.0. The Kier molecular flexibility index (Phi) is 10.5. The first-order valence-corrected chi connectivity index (χ1v) is 8.82. The Labute approximate surface area is 118 Å². The second-order valence-corrected chi connectivity index (χ2v) is 6.84. The highest BCUT2D eigenvalue weighted by molar-refractivity contribution is 7.86. The number of hydrogen-bond donors (Lipinski definition) is 2. The van der Waals surface area contributed by atoms with E-state index in [1.54, 1.807) is 0 Å². The van der Waals surface area contributed by atoms with Crippen molar-refractivity contribution in [3.05, 3.63) is 0 Å². The van der Waals surface area contributed by atoms with Crippen LogP contribution in [-0.2, 0) is 14.3 Å². The van der Waals surface area contributed by atoms with Gasteiger partial charge in [0.15, 0.2) is 0 Å². The normalized spacial score (nSPS) is 17.1. The molecule has 5 nitrogen and oxygen atoms in total. The predicted octanol–water partition coefficient (Wildman–Crippen LogP) is 2.61. The van der Waals surface area contributed by atoms with Crippen molar-refractivity contribution < 1.29 is 12.6 Å². The Morgan fingerprint density at radius 1 is 1.16 bits per heavy atom. The van der Waals surface area contributed by atoms with E-state index in [1.165, 1.54) is 32.1 Å². The average Bonchev–Trinajstić information content (AvgIpc) is 2.36. The first-order chi connectivity index (χ1) is 8.64. The van der Waals surface area contributed by atoms with Gasteiger partial charge in [-0.1, -0.05) is 39.0 Å². The van der Waals surface area contributed by atoms with Crippen molar-refractivity contribution in [1.82, 2.24) is 11.5 Å². The molecule has 1 rings (SSSR count). The van der Waals surface area contributed by atoms with Crippen LogP contribution in [0, 0.1) is 0 Å². The van der Waals surface area contributed by atoms with Crippen LogP contribution >= 0.6 is 0 Å². The molecule has 1 fully saturated rings. The molecule has 0 aromatic heterocycles. The summed E-state index contributed by atoms with van der Waals surface area (Å²) >= 11 is 0. The predicted molar refractivity (Wildman–Crippen MR) is 79.2 cm³/mol. The number of unbranched alkanes of at least 4 members (excludes halogenated alkanes) is 2. The fraction of sp³-hybridized carbons (Fsp3) is 1.00. The molecule has 19 heavy (non-hydrogen) atoms. The van der Waals surface area contributed by atoms with Crippen LogP contribution in [0.4, 0.5) is 0 Å². The zero-order valence-corrected chi connectivity index (χ0v) is 13.0. The van der Waals surface area contributed by atoms with Gasteiger partial charge in [-0.05, 0) is 19.3 Å². The lowest BCUT2D eigenvalue weighted by molar-refractivity contribution is 0.291. The molecule has 1 aliphatic carbocycles. The first-order valence-electron chi connectivity index (χ1n) is 7.24. The van der Waals surface area contributed by atoms with Gasteiger partial charge in [-0.15, -0.1) is 0 Å². The number of nitrogens with one attached hydrogen (secondary N) is 1. The summed E-state index contributed by atoms with van der Waals surface area (Å²) in [7, 11) is -3.30. The van der Waals surface area contributed by atoms with Gasteiger partial charge < -0.3 is 11.5 Å². The molecule has 0 aliphatic heterocycles. The van der Waals surface area contributed by atoms with Crippen molar-refractivity contribution in [1.29, 1.82) is 0 Å². The van der Waals surface area contributed by atoms with Gasteiger partial charge in [0, 0.05) is 12.6 Å². The van der Waals surface area contributed by atoms with Gasteiger partial charge in [-0.2, -0.15) is 8.42 Å². The second-order valence-electron chi connectivity index (χ2n) is 5.08. The maximum Gasteiger partial charge on any atom is 0.267 e. The number of hydrogen-bond acceptors (Lipinski definition) is 5. The standard InChI is InChI=1S/C13H27NO3S.H3N/c1-2-3-7-12-18(15,16)17-11-10-14-13-8-5-4-6-9-13;/h13-14H,2-12H2,1H3;1H3. The third kappa shape index (κ3) is 9.38. The quantitative estimate of drug-likeness (QED) is 0.504. The van der Waals surface area contributed by atoms with E-state index in [2.05, 4.69) is 12.2 Å². The summed E-state index contributed by atoms with van der Waals surface area (Å²) in [6.07, 6.45) is 9.01. The van der Waals surface area contributed by atoms with E-state index in [9.17, 15) is 8.42 Å². The lowest BCUT2D eigenvalue weighted by Crippen LogP contribution is -2.34. The van der Waals surface area contributed by atoms with Gasteiger partial charge in [-0.25, -0.2) is 0 Å². The van der Waals surface area contributed by atoms with Crippen molar-refractivity contribution in [2.24, 2.45) is 0 Å². The van der Waals surface area contributed by atoms with E-state index in [0.717, 1.165) is 12.8 Å². The smallest absolute Gasteiger partial charge is 0.267 e. The Morgan fingerprint density at radius 3 is 2.47 bits per heavy atom. The van der Waals surface area contributed by atoms with Crippen molar-refractivity contribution in [2.75, 3.05) is 18.9 Å². The van der Waals surface area contributed by atoms with Crippen LogP contribution in [0.1, 0.15) is 58.3 Å². The minimum absolute atomic E-state index is 0. The molecular weight excluding hydrogens is 264 g/mol. The van der Waals surface area contributed by atoms with Crippen LogP contribution < -0.4 is 11.5 Å². The van der Waals surface area contributed by atoms with Gasteiger partial charge >= 0.3 is 0 Å². The molecule has 0 bridgehead atoms. The minimum Gasteiger partial charge on any atom is -0.344 e. The molecule has 0 aromatic rings. The lowest BCUT2D eigenvalue weighted by atomic mass is 9.96. The summed E-state index contributed by atoms with van der Waals surface area (Å²) in [4.78, 5) is 0. The van der Waals surface area contributed by atoms with Crippen molar-refractivity contribution in [2.45, 2.75) is 64.3 Å². The SMILES string of the molecule is CCCCCS(=O)(=O)OCCNC1CCCCC1.N. The average molecular weight is 294 g/mol. The highest BCUT2D eigenvalue weighted by atomic mass is 32.2. The molecule has 0 spiro atoms. The van der Waals surface area contributed by atoms with Crippen molar-refractivity contribution >= 4 is 10.1 Å². The van der Waals surface area contributed by atoms with Crippen LogP contribution in [0.2, 0.25) is 0 Å². The van der Waals surface area contributed by atoms with Gasteiger partial charge in [0.05, 0.1) is 12.4 Å². The third-order valence-electron chi connectivity index (χ3n) is 3.40. The molecule has 1 saturated carbocycles. The second kappa shape index (κ2) is 10.6. The van der Waals surface area contributed by atoms with Crippen LogP contribution in [0.15, 0.2) is 0 Å². The minimum atomic E-state index is -3.30. The Balaban J connectivity index is 0.00000324. The monoisotopic (exact) mass is 294 g/mol. The Hall–Kier alpha value is -0.170. The van der Waals surface area contributed by atoms with Gasteiger partial charge in [-0.3, -0.25) is 4.18 Å². The molecule has 0 heterocycles. The zero-order valence-electron chi connectivity index (χ0n) is 12.2. The van der Waals surface area contributed by atoms with Gasteiger partial charge in [0.25, 0.3) is 10.1 Å². The van der Waals surface area contributed by atoms with E-state index in [0.29, 0.717) is 19.0 Å². The first kappa shape index (κ1) is 18.8. The van der Waals surface area contributed by atoms with E-state index in [4.69, 9.17) is 4.18 Å². The van der Waals surface area contributed by atoms with E-state index in [-0.39, 0.29) is 18.5 Å². The van der Waals surface area contributed by atoms with Crippen LogP contribution in [-0.4, -0.2) is 33.4 Å². The number of rotatable bonds is 9. The van der Waals surface area contributed by atoms with Crippen molar-refractivity contribution in [3.8, 4) is 0 Å². The van der Waals surface area contributed by atoms with E-state index < -0.39 is 10.1 Å². The molecule has 0 saturated heterocycles. The molecule has 1 aliphatic rings. The highest BCUT2D eigenvalue weighted by Crippen LogP contribution is 2.16. The maximum absolute atomic E-state index is 11.5.